The minimum Gasteiger partial charge on any atom is -0.465 e. The Labute approximate surface area is 170 Å². The van der Waals surface area contributed by atoms with Crippen LogP contribution in [0.1, 0.15) is 29.1 Å². The predicted octanol–water partition coefficient (Wildman–Crippen LogP) is 3.75. The maximum absolute atomic E-state index is 13.4. The van der Waals surface area contributed by atoms with Gasteiger partial charge in [-0.15, -0.1) is 0 Å². The van der Waals surface area contributed by atoms with Gasteiger partial charge in [0.1, 0.15) is 11.5 Å². The van der Waals surface area contributed by atoms with Crippen LogP contribution >= 0.6 is 0 Å². The Morgan fingerprint density at radius 1 is 1.03 bits per heavy atom. The molecule has 2 heterocycles. The highest BCUT2D eigenvalue weighted by Gasteiger charge is 2.50. The van der Waals surface area contributed by atoms with E-state index in [0.717, 1.165) is 22.6 Å². The number of rotatable bonds is 6. The SMILES string of the molecule is Cc1ccc(CNC(=O)CC2(Cc3ccccc3)C(=O)N(C)c3ccccc32)o1. The third-order valence-electron chi connectivity index (χ3n) is 5.56. The fourth-order valence-electron chi connectivity index (χ4n) is 4.17. The summed E-state index contributed by atoms with van der Waals surface area (Å²) >= 11 is 0. The summed E-state index contributed by atoms with van der Waals surface area (Å²) in [6, 6.07) is 21.3. The van der Waals surface area contributed by atoms with Gasteiger partial charge in [-0.2, -0.15) is 0 Å². The average Bonchev–Trinajstić information content (AvgIpc) is 3.23. The zero-order valence-electron chi connectivity index (χ0n) is 16.6. The van der Waals surface area contributed by atoms with E-state index in [4.69, 9.17) is 4.42 Å². The van der Waals surface area contributed by atoms with Crippen LogP contribution < -0.4 is 10.2 Å². The van der Waals surface area contributed by atoms with Crippen LogP contribution in [0.15, 0.2) is 71.1 Å². The molecule has 1 N–H and O–H groups in total. The number of anilines is 1. The van der Waals surface area contributed by atoms with Crippen LogP contribution in [0.25, 0.3) is 0 Å². The van der Waals surface area contributed by atoms with Crippen LogP contribution in [0, 0.1) is 6.92 Å². The van der Waals surface area contributed by atoms with Crippen molar-refractivity contribution >= 4 is 17.5 Å². The number of likely N-dealkylation sites (N-methyl/N-ethyl adjacent to an activating group) is 1. The fourth-order valence-corrected chi connectivity index (χ4v) is 4.17. The molecule has 5 nitrogen and oxygen atoms in total. The zero-order valence-corrected chi connectivity index (χ0v) is 16.6. The molecule has 0 saturated heterocycles. The molecule has 2 amide bonds. The summed E-state index contributed by atoms with van der Waals surface area (Å²) in [6.45, 7) is 2.17. The Morgan fingerprint density at radius 2 is 1.76 bits per heavy atom. The lowest BCUT2D eigenvalue weighted by Gasteiger charge is -2.28. The smallest absolute Gasteiger partial charge is 0.238 e. The van der Waals surface area contributed by atoms with Gasteiger partial charge in [-0.05, 0) is 42.7 Å². The number of para-hydroxylation sites is 1. The second-order valence-electron chi connectivity index (χ2n) is 7.59. The lowest BCUT2D eigenvalue weighted by molar-refractivity contribution is -0.129. The van der Waals surface area contributed by atoms with Gasteiger partial charge in [0.25, 0.3) is 0 Å². The van der Waals surface area contributed by atoms with E-state index >= 15 is 0 Å². The van der Waals surface area contributed by atoms with Crippen molar-refractivity contribution in [2.45, 2.75) is 31.7 Å². The third-order valence-corrected chi connectivity index (χ3v) is 5.56. The molecule has 2 aromatic carbocycles. The molecule has 0 saturated carbocycles. The van der Waals surface area contributed by atoms with Crippen molar-refractivity contribution in [1.29, 1.82) is 0 Å². The second-order valence-corrected chi connectivity index (χ2v) is 7.59. The monoisotopic (exact) mass is 388 g/mol. The van der Waals surface area contributed by atoms with Gasteiger partial charge in [-0.25, -0.2) is 0 Å². The van der Waals surface area contributed by atoms with E-state index in [1.54, 1.807) is 11.9 Å². The van der Waals surface area contributed by atoms with E-state index in [9.17, 15) is 9.59 Å². The number of benzene rings is 2. The molecule has 0 radical (unpaired) electrons. The van der Waals surface area contributed by atoms with Gasteiger partial charge in [-0.1, -0.05) is 48.5 Å². The number of carbonyl (C=O) groups excluding carboxylic acids is 2. The standard InChI is InChI=1S/C24H24N2O3/c1-17-12-13-19(29-17)16-25-22(27)15-24(14-18-8-4-3-5-9-18)20-10-6-7-11-21(20)26(2)23(24)28/h3-13H,14-16H2,1-2H3,(H,25,27). The lowest BCUT2D eigenvalue weighted by Crippen LogP contribution is -2.44. The van der Waals surface area contributed by atoms with Gasteiger partial charge >= 0.3 is 0 Å². The van der Waals surface area contributed by atoms with Gasteiger partial charge in [0.15, 0.2) is 0 Å². The molecular weight excluding hydrogens is 364 g/mol. The lowest BCUT2D eigenvalue weighted by atomic mass is 9.73. The van der Waals surface area contributed by atoms with Crippen LogP contribution in [0.2, 0.25) is 0 Å². The Morgan fingerprint density at radius 3 is 2.48 bits per heavy atom. The van der Waals surface area contributed by atoms with E-state index in [2.05, 4.69) is 5.32 Å². The molecule has 3 aromatic rings. The number of fused-ring (bicyclic) bond motifs is 1. The minimum atomic E-state index is -0.921. The Bertz CT molecular complexity index is 1040. The molecule has 4 rings (SSSR count). The summed E-state index contributed by atoms with van der Waals surface area (Å²) in [5, 5.41) is 2.91. The van der Waals surface area contributed by atoms with Crippen LogP contribution in [-0.2, 0) is 28.0 Å². The highest BCUT2D eigenvalue weighted by Crippen LogP contribution is 2.45. The van der Waals surface area contributed by atoms with Gasteiger partial charge in [0.2, 0.25) is 11.8 Å². The van der Waals surface area contributed by atoms with Crippen LogP contribution in [-0.4, -0.2) is 18.9 Å². The maximum atomic E-state index is 13.4. The van der Waals surface area contributed by atoms with Crippen molar-refractivity contribution in [3.8, 4) is 0 Å². The Balaban J connectivity index is 1.64. The van der Waals surface area contributed by atoms with Crippen molar-refractivity contribution < 1.29 is 14.0 Å². The third kappa shape index (κ3) is 3.56. The summed E-state index contributed by atoms with van der Waals surface area (Å²) in [6.07, 6.45) is 0.559. The van der Waals surface area contributed by atoms with Crippen molar-refractivity contribution in [3.05, 3.63) is 89.4 Å². The molecule has 148 valence electrons. The molecule has 29 heavy (non-hydrogen) atoms. The molecule has 1 aliphatic rings. The number of carbonyl (C=O) groups is 2. The Kier molecular flexibility index (Phi) is 4.97. The highest BCUT2D eigenvalue weighted by atomic mass is 16.3. The number of nitrogens with one attached hydrogen (secondary N) is 1. The van der Waals surface area contributed by atoms with Gasteiger partial charge < -0.3 is 14.6 Å². The molecule has 0 bridgehead atoms. The van der Waals surface area contributed by atoms with E-state index < -0.39 is 5.41 Å². The average molecular weight is 388 g/mol. The molecule has 0 aliphatic carbocycles. The van der Waals surface area contributed by atoms with E-state index in [0.29, 0.717) is 18.7 Å². The summed E-state index contributed by atoms with van der Waals surface area (Å²) in [7, 11) is 1.78. The van der Waals surface area contributed by atoms with E-state index in [1.807, 2.05) is 73.7 Å². The normalized spacial score (nSPS) is 18.0. The zero-order chi connectivity index (χ0) is 20.4. The quantitative estimate of drug-likeness (QED) is 0.700. The molecule has 5 heteroatoms. The van der Waals surface area contributed by atoms with Gasteiger partial charge in [0, 0.05) is 19.2 Å². The molecule has 1 atom stereocenters. The van der Waals surface area contributed by atoms with Crippen LogP contribution in [0.4, 0.5) is 5.69 Å². The number of furan rings is 1. The second kappa shape index (κ2) is 7.59. The first kappa shape index (κ1) is 19.0. The first-order valence-electron chi connectivity index (χ1n) is 9.73. The molecule has 0 spiro atoms. The minimum absolute atomic E-state index is 0.0495. The van der Waals surface area contributed by atoms with E-state index in [1.165, 1.54) is 0 Å². The first-order valence-corrected chi connectivity index (χ1v) is 9.73. The topological polar surface area (TPSA) is 62.6 Å². The van der Waals surface area contributed by atoms with Crippen molar-refractivity contribution in [3.63, 3.8) is 0 Å². The molecule has 1 unspecified atom stereocenters. The first-order chi connectivity index (χ1) is 14.0. The van der Waals surface area contributed by atoms with Crippen LogP contribution in [0.5, 0.6) is 0 Å². The van der Waals surface area contributed by atoms with E-state index in [-0.39, 0.29) is 18.2 Å². The summed E-state index contributed by atoms with van der Waals surface area (Å²) < 4.78 is 5.53. The van der Waals surface area contributed by atoms with Gasteiger partial charge in [0.05, 0.1) is 12.0 Å². The van der Waals surface area contributed by atoms with Crippen molar-refractivity contribution in [2.75, 3.05) is 11.9 Å². The number of hydrogen-bond acceptors (Lipinski definition) is 3. The van der Waals surface area contributed by atoms with Crippen LogP contribution in [0.3, 0.4) is 0 Å². The fraction of sp³-hybridized carbons (Fsp3) is 0.250. The maximum Gasteiger partial charge on any atom is 0.238 e. The van der Waals surface area contributed by atoms with Crippen molar-refractivity contribution in [1.82, 2.24) is 5.32 Å². The largest absolute Gasteiger partial charge is 0.465 e. The number of nitrogens with zero attached hydrogens (tertiary/aromatic N) is 1. The number of aryl methyl sites for hydroxylation is 1. The molecular formula is C24H24N2O3. The predicted molar refractivity (Wildman–Crippen MR) is 112 cm³/mol. The summed E-state index contributed by atoms with van der Waals surface area (Å²) in [5.41, 5.74) is 1.87. The molecule has 1 aliphatic heterocycles. The molecule has 0 fully saturated rings. The number of amides is 2. The summed E-state index contributed by atoms with van der Waals surface area (Å²) in [4.78, 5) is 28.0. The highest BCUT2D eigenvalue weighted by molar-refractivity contribution is 6.09. The number of hydrogen-bond donors (Lipinski definition) is 1. The summed E-state index contributed by atoms with van der Waals surface area (Å²) in [5.74, 6) is 1.28. The van der Waals surface area contributed by atoms with Crippen molar-refractivity contribution in [2.24, 2.45) is 0 Å². The molecule has 1 aromatic heterocycles. The Hall–Kier alpha value is -3.34. The van der Waals surface area contributed by atoms with Gasteiger partial charge in [-0.3, -0.25) is 9.59 Å².